The van der Waals surface area contributed by atoms with Crippen molar-refractivity contribution in [2.45, 2.75) is 6.61 Å². The molecule has 0 atom stereocenters. The molecular formula is C23H18ClN3O3. The molecule has 3 N–H and O–H groups in total. The average molecular weight is 420 g/mol. The van der Waals surface area contributed by atoms with Gasteiger partial charge >= 0.3 is 0 Å². The summed E-state index contributed by atoms with van der Waals surface area (Å²) in [6, 6.07) is 23.3. The minimum absolute atomic E-state index is 0.0474. The molecule has 0 spiro atoms. The summed E-state index contributed by atoms with van der Waals surface area (Å²) in [5, 5.41) is 31.1. The van der Waals surface area contributed by atoms with Crippen molar-refractivity contribution in [3.8, 4) is 11.5 Å². The molecule has 4 aromatic carbocycles. The summed E-state index contributed by atoms with van der Waals surface area (Å²) < 4.78 is 0. The first-order valence-electron chi connectivity index (χ1n) is 9.18. The van der Waals surface area contributed by atoms with E-state index in [9.17, 15) is 10.2 Å². The number of halogens is 1. The predicted molar refractivity (Wildman–Crippen MR) is 118 cm³/mol. The summed E-state index contributed by atoms with van der Waals surface area (Å²) in [7, 11) is 0. The van der Waals surface area contributed by atoms with Crippen LogP contribution in [0.3, 0.4) is 0 Å². The number of benzene rings is 4. The fourth-order valence-corrected chi connectivity index (χ4v) is 3.14. The number of para-hydroxylation sites is 1. The summed E-state index contributed by atoms with van der Waals surface area (Å²) in [5.41, 5.74) is 4.68. The maximum Gasteiger partial charge on any atom is 0.149 e. The zero-order valence-corrected chi connectivity index (χ0v) is 16.5. The molecule has 0 aliphatic heterocycles. The molecule has 0 amide bonds. The highest BCUT2D eigenvalue weighted by molar-refractivity contribution is 6.30. The number of azo groups is 1. The van der Waals surface area contributed by atoms with Gasteiger partial charge in [0.1, 0.15) is 29.5 Å². The van der Waals surface area contributed by atoms with Crippen molar-refractivity contribution in [2.75, 3.05) is 5.48 Å². The second-order valence-corrected chi connectivity index (χ2v) is 6.98. The van der Waals surface area contributed by atoms with Gasteiger partial charge in [0, 0.05) is 16.0 Å². The number of rotatable bonds is 6. The van der Waals surface area contributed by atoms with Gasteiger partial charge in [0.2, 0.25) is 0 Å². The van der Waals surface area contributed by atoms with Crippen molar-refractivity contribution in [2.24, 2.45) is 10.2 Å². The van der Waals surface area contributed by atoms with Gasteiger partial charge in [0.05, 0.1) is 5.69 Å². The van der Waals surface area contributed by atoms with E-state index in [1.54, 1.807) is 6.07 Å². The number of phenolic OH excluding ortho intramolecular Hbond substituents is 2. The van der Waals surface area contributed by atoms with Gasteiger partial charge in [-0.25, -0.2) is 0 Å². The highest BCUT2D eigenvalue weighted by Gasteiger charge is 2.13. The molecule has 30 heavy (non-hydrogen) atoms. The standard InChI is InChI=1S/C23H18ClN3O3/c24-17-10-11-21(28)20(13-17)25-26-22-19-9-5-4-6-15(19)12-16(23(22)29)14-30-27-18-7-2-1-3-8-18/h1-13,27-29H,14H2. The van der Waals surface area contributed by atoms with Gasteiger partial charge in [-0.2, -0.15) is 0 Å². The molecule has 0 radical (unpaired) electrons. The second-order valence-electron chi connectivity index (χ2n) is 6.54. The topological polar surface area (TPSA) is 86.4 Å². The largest absolute Gasteiger partial charge is 0.506 e. The van der Waals surface area contributed by atoms with Gasteiger partial charge < -0.3 is 10.2 Å². The third-order valence-corrected chi connectivity index (χ3v) is 4.70. The molecule has 0 heterocycles. The molecule has 0 saturated carbocycles. The smallest absolute Gasteiger partial charge is 0.149 e. The molecule has 0 saturated heterocycles. The molecular weight excluding hydrogens is 402 g/mol. The highest BCUT2D eigenvalue weighted by atomic mass is 35.5. The van der Waals surface area contributed by atoms with E-state index in [-0.39, 0.29) is 29.5 Å². The van der Waals surface area contributed by atoms with Crippen molar-refractivity contribution in [3.63, 3.8) is 0 Å². The number of fused-ring (bicyclic) bond motifs is 1. The Morgan fingerprint density at radius 1 is 0.867 bits per heavy atom. The zero-order valence-electron chi connectivity index (χ0n) is 15.8. The number of nitrogens with one attached hydrogen (secondary N) is 1. The molecule has 0 aromatic heterocycles. The van der Waals surface area contributed by atoms with Crippen LogP contribution in [0.2, 0.25) is 5.02 Å². The number of hydrogen-bond acceptors (Lipinski definition) is 6. The molecule has 0 fully saturated rings. The maximum absolute atomic E-state index is 10.8. The average Bonchev–Trinajstić information content (AvgIpc) is 2.76. The fourth-order valence-electron chi connectivity index (χ4n) is 2.97. The van der Waals surface area contributed by atoms with Crippen LogP contribution in [0.15, 0.2) is 89.1 Å². The molecule has 150 valence electrons. The minimum Gasteiger partial charge on any atom is -0.506 e. The van der Waals surface area contributed by atoms with Crippen LogP contribution in [-0.4, -0.2) is 10.2 Å². The highest BCUT2D eigenvalue weighted by Crippen LogP contribution is 2.40. The molecule has 0 aliphatic carbocycles. The minimum atomic E-state index is -0.0569. The Morgan fingerprint density at radius 2 is 1.63 bits per heavy atom. The molecule has 0 unspecified atom stereocenters. The van der Waals surface area contributed by atoms with Crippen LogP contribution in [-0.2, 0) is 11.4 Å². The number of phenols is 2. The van der Waals surface area contributed by atoms with Gasteiger partial charge in [-0.3, -0.25) is 10.3 Å². The van der Waals surface area contributed by atoms with E-state index in [4.69, 9.17) is 16.4 Å². The van der Waals surface area contributed by atoms with E-state index >= 15 is 0 Å². The van der Waals surface area contributed by atoms with Crippen molar-refractivity contribution >= 4 is 39.4 Å². The molecule has 0 bridgehead atoms. The van der Waals surface area contributed by atoms with Gasteiger partial charge in [-0.15, -0.1) is 10.2 Å². The van der Waals surface area contributed by atoms with Crippen LogP contribution in [0, 0.1) is 0 Å². The lowest BCUT2D eigenvalue weighted by atomic mass is 10.0. The number of nitrogens with zero attached hydrogens (tertiary/aromatic N) is 2. The lowest BCUT2D eigenvalue weighted by Crippen LogP contribution is -2.01. The van der Waals surface area contributed by atoms with Crippen molar-refractivity contribution in [1.29, 1.82) is 0 Å². The molecule has 0 aliphatic rings. The third kappa shape index (κ3) is 4.35. The number of hydrogen-bond donors (Lipinski definition) is 3. The molecule has 7 heteroatoms. The van der Waals surface area contributed by atoms with E-state index in [0.717, 1.165) is 16.5 Å². The Hall–Kier alpha value is -3.61. The summed E-state index contributed by atoms with van der Waals surface area (Å²) in [4.78, 5) is 5.55. The van der Waals surface area contributed by atoms with E-state index < -0.39 is 0 Å². The number of anilines is 1. The van der Waals surface area contributed by atoms with Crippen LogP contribution in [0.25, 0.3) is 10.8 Å². The second kappa shape index (κ2) is 8.82. The Labute approximate surface area is 178 Å². The van der Waals surface area contributed by atoms with Gasteiger partial charge in [-0.1, -0.05) is 54.1 Å². The van der Waals surface area contributed by atoms with Crippen LogP contribution in [0.5, 0.6) is 11.5 Å². The Kier molecular flexibility index (Phi) is 5.79. The fraction of sp³-hybridized carbons (Fsp3) is 0.0435. The van der Waals surface area contributed by atoms with Crippen LogP contribution < -0.4 is 5.48 Å². The predicted octanol–water partition coefficient (Wildman–Crippen LogP) is 6.86. The first-order chi connectivity index (χ1) is 14.6. The maximum atomic E-state index is 10.8. The van der Waals surface area contributed by atoms with Crippen LogP contribution in [0.1, 0.15) is 5.56 Å². The molecule has 4 aromatic rings. The van der Waals surface area contributed by atoms with E-state index in [1.807, 2.05) is 60.7 Å². The zero-order chi connectivity index (χ0) is 20.9. The third-order valence-electron chi connectivity index (χ3n) is 4.46. The normalized spacial score (nSPS) is 11.2. The summed E-state index contributed by atoms with van der Waals surface area (Å²) in [6.07, 6.45) is 0. The first kappa shape index (κ1) is 19.7. The van der Waals surface area contributed by atoms with E-state index in [2.05, 4.69) is 15.7 Å². The summed E-state index contributed by atoms with van der Waals surface area (Å²) in [5.74, 6) is -0.104. The van der Waals surface area contributed by atoms with E-state index in [0.29, 0.717) is 10.6 Å². The summed E-state index contributed by atoms with van der Waals surface area (Å²) in [6.45, 7) is 0.108. The Balaban J connectivity index is 1.66. The van der Waals surface area contributed by atoms with E-state index in [1.165, 1.54) is 12.1 Å². The monoisotopic (exact) mass is 419 g/mol. The van der Waals surface area contributed by atoms with Gasteiger partial charge in [-0.05, 0) is 41.8 Å². The number of aromatic hydroxyl groups is 2. The Bertz CT molecular complexity index is 1210. The van der Waals surface area contributed by atoms with Crippen LogP contribution >= 0.6 is 11.6 Å². The lowest BCUT2D eigenvalue weighted by molar-refractivity contribution is 0.177. The van der Waals surface area contributed by atoms with Crippen molar-refractivity contribution < 1.29 is 15.1 Å². The van der Waals surface area contributed by atoms with Crippen molar-refractivity contribution in [1.82, 2.24) is 0 Å². The Morgan fingerprint density at radius 3 is 2.47 bits per heavy atom. The lowest BCUT2D eigenvalue weighted by Gasteiger charge is -2.12. The quantitative estimate of drug-likeness (QED) is 0.235. The molecule has 6 nitrogen and oxygen atoms in total. The molecule has 4 rings (SSSR count). The van der Waals surface area contributed by atoms with Crippen LogP contribution in [0.4, 0.5) is 17.1 Å². The SMILES string of the molecule is Oc1ccc(Cl)cc1N=Nc1c(O)c(CONc2ccccc2)cc2ccccc12. The van der Waals surface area contributed by atoms with Crippen molar-refractivity contribution in [3.05, 3.63) is 89.4 Å². The summed E-state index contributed by atoms with van der Waals surface area (Å²) >= 11 is 5.97. The first-order valence-corrected chi connectivity index (χ1v) is 9.56. The van der Waals surface area contributed by atoms with Gasteiger partial charge in [0.25, 0.3) is 0 Å². The van der Waals surface area contributed by atoms with Gasteiger partial charge in [0.15, 0.2) is 0 Å².